The minimum Gasteiger partial charge on any atom is -0.312 e. The first-order chi connectivity index (χ1) is 8.52. The zero-order chi connectivity index (χ0) is 13.6. The van der Waals surface area contributed by atoms with Crippen molar-refractivity contribution in [1.29, 1.82) is 0 Å². The third-order valence-electron chi connectivity index (χ3n) is 4.81. The summed E-state index contributed by atoms with van der Waals surface area (Å²) in [7, 11) is 0. The highest BCUT2D eigenvalue weighted by molar-refractivity contribution is 4.95. The number of nitrogens with one attached hydrogen (secondary N) is 1. The van der Waals surface area contributed by atoms with Crippen molar-refractivity contribution in [2.24, 2.45) is 5.92 Å². The standard InChI is InChI=1S/C16H34N2/c1-6-14(3)13-15(17-7-2)16(4,5)18-11-9-8-10-12-18/h14-15,17H,6-13H2,1-5H3. The molecule has 0 aromatic rings. The summed E-state index contributed by atoms with van der Waals surface area (Å²) in [6, 6.07) is 0.621. The highest BCUT2D eigenvalue weighted by atomic mass is 15.2. The van der Waals surface area contributed by atoms with Crippen molar-refractivity contribution >= 4 is 0 Å². The molecule has 2 unspecified atom stereocenters. The molecule has 2 nitrogen and oxygen atoms in total. The Morgan fingerprint density at radius 2 is 1.72 bits per heavy atom. The topological polar surface area (TPSA) is 15.3 Å². The molecule has 2 heteroatoms. The van der Waals surface area contributed by atoms with Crippen LogP contribution >= 0.6 is 0 Å². The Labute approximate surface area is 115 Å². The largest absolute Gasteiger partial charge is 0.312 e. The summed E-state index contributed by atoms with van der Waals surface area (Å²) in [5.74, 6) is 0.818. The van der Waals surface area contributed by atoms with Gasteiger partial charge in [-0.25, -0.2) is 0 Å². The van der Waals surface area contributed by atoms with Crippen molar-refractivity contribution in [2.75, 3.05) is 19.6 Å². The summed E-state index contributed by atoms with van der Waals surface area (Å²) < 4.78 is 0. The lowest BCUT2D eigenvalue weighted by molar-refractivity contribution is 0.0536. The van der Waals surface area contributed by atoms with Gasteiger partial charge in [0.15, 0.2) is 0 Å². The monoisotopic (exact) mass is 254 g/mol. The van der Waals surface area contributed by atoms with E-state index in [1.54, 1.807) is 0 Å². The number of rotatable bonds is 7. The zero-order valence-corrected chi connectivity index (χ0v) is 13.3. The quantitative estimate of drug-likeness (QED) is 0.746. The zero-order valence-electron chi connectivity index (χ0n) is 13.3. The maximum atomic E-state index is 3.74. The van der Waals surface area contributed by atoms with Crippen LogP contribution in [0.4, 0.5) is 0 Å². The van der Waals surface area contributed by atoms with E-state index in [1.807, 2.05) is 0 Å². The summed E-state index contributed by atoms with van der Waals surface area (Å²) >= 11 is 0. The summed E-state index contributed by atoms with van der Waals surface area (Å²) in [5.41, 5.74) is 0.292. The van der Waals surface area contributed by atoms with E-state index in [0.717, 1.165) is 12.5 Å². The highest BCUT2D eigenvalue weighted by Gasteiger charge is 2.35. The minimum absolute atomic E-state index is 0.292. The molecular weight excluding hydrogens is 220 g/mol. The normalized spacial score (nSPS) is 21.8. The van der Waals surface area contributed by atoms with E-state index in [0.29, 0.717) is 11.6 Å². The third-order valence-corrected chi connectivity index (χ3v) is 4.81. The Balaban J connectivity index is 2.67. The Bertz CT molecular complexity index is 219. The van der Waals surface area contributed by atoms with Gasteiger partial charge in [0.1, 0.15) is 0 Å². The van der Waals surface area contributed by atoms with Crippen LogP contribution in [0.5, 0.6) is 0 Å². The summed E-state index contributed by atoms with van der Waals surface area (Å²) in [5, 5.41) is 3.74. The number of hydrogen-bond acceptors (Lipinski definition) is 2. The Morgan fingerprint density at radius 3 is 2.22 bits per heavy atom. The van der Waals surface area contributed by atoms with E-state index in [1.165, 1.54) is 45.2 Å². The molecule has 108 valence electrons. The molecule has 1 aliphatic rings. The second-order valence-electron chi connectivity index (χ2n) is 6.56. The fourth-order valence-corrected chi connectivity index (χ4v) is 3.13. The van der Waals surface area contributed by atoms with Gasteiger partial charge in [-0.3, -0.25) is 4.90 Å². The van der Waals surface area contributed by atoms with E-state index >= 15 is 0 Å². The number of likely N-dealkylation sites (tertiary alicyclic amines) is 1. The number of hydrogen-bond donors (Lipinski definition) is 1. The molecule has 2 atom stereocenters. The third kappa shape index (κ3) is 4.24. The van der Waals surface area contributed by atoms with Gasteiger partial charge in [-0.1, -0.05) is 33.6 Å². The molecular formula is C16H34N2. The van der Waals surface area contributed by atoms with Crippen molar-refractivity contribution in [1.82, 2.24) is 10.2 Å². The van der Waals surface area contributed by atoms with Crippen LogP contribution in [0, 0.1) is 5.92 Å². The van der Waals surface area contributed by atoms with Crippen LogP contribution in [0.15, 0.2) is 0 Å². The maximum absolute atomic E-state index is 3.74. The molecule has 1 N–H and O–H groups in total. The van der Waals surface area contributed by atoms with E-state index < -0.39 is 0 Å². The highest BCUT2D eigenvalue weighted by Crippen LogP contribution is 2.27. The van der Waals surface area contributed by atoms with Crippen molar-refractivity contribution < 1.29 is 0 Å². The molecule has 0 aromatic heterocycles. The van der Waals surface area contributed by atoms with Crippen molar-refractivity contribution in [3.63, 3.8) is 0 Å². The molecule has 0 saturated carbocycles. The molecule has 0 aliphatic carbocycles. The van der Waals surface area contributed by atoms with Gasteiger partial charge in [0.25, 0.3) is 0 Å². The number of likely N-dealkylation sites (N-methyl/N-ethyl adjacent to an activating group) is 1. The average molecular weight is 254 g/mol. The molecule has 0 spiro atoms. The number of piperidine rings is 1. The first kappa shape index (κ1) is 16.0. The van der Waals surface area contributed by atoms with E-state index in [9.17, 15) is 0 Å². The minimum atomic E-state index is 0.292. The second kappa shape index (κ2) is 7.49. The van der Waals surface area contributed by atoms with Gasteiger partial charge < -0.3 is 5.32 Å². The Morgan fingerprint density at radius 1 is 1.11 bits per heavy atom. The van der Waals surface area contributed by atoms with E-state index in [-0.39, 0.29) is 0 Å². The van der Waals surface area contributed by atoms with Crippen molar-refractivity contribution in [3.05, 3.63) is 0 Å². The van der Waals surface area contributed by atoms with Crippen LogP contribution in [0.25, 0.3) is 0 Å². The van der Waals surface area contributed by atoms with Gasteiger partial charge in [-0.05, 0) is 58.7 Å². The van der Waals surface area contributed by atoms with Gasteiger partial charge in [-0.15, -0.1) is 0 Å². The predicted molar refractivity (Wildman–Crippen MR) is 81.0 cm³/mol. The molecule has 1 fully saturated rings. The van der Waals surface area contributed by atoms with E-state index in [2.05, 4.69) is 44.8 Å². The summed E-state index contributed by atoms with van der Waals surface area (Å²) in [4.78, 5) is 2.71. The van der Waals surface area contributed by atoms with Gasteiger partial charge in [0, 0.05) is 11.6 Å². The molecule has 1 rings (SSSR count). The lowest BCUT2D eigenvalue weighted by Gasteiger charge is -2.47. The van der Waals surface area contributed by atoms with Crippen LogP contribution in [0.3, 0.4) is 0 Å². The summed E-state index contributed by atoms with van der Waals surface area (Å²) in [6.45, 7) is 15.5. The molecule has 0 bridgehead atoms. The van der Waals surface area contributed by atoms with E-state index in [4.69, 9.17) is 0 Å². The average Bonchev–Trinajstić information content (AvgIpc) is 2.39. The fraction of sp³-hybridized carbons (Fsp3) is 1.00. The number of nitrogens with zero attached hydrogens (tertiary/aromatic N) is 1. The SMILES string of the molecule is CCNC(CC(C)CC)C(C)(C)N1CCCCC1. The van der Waals surface area contributed by atoms with Crippen LogP contribution < -0.4 is 5.32 Å². The fourth-order valence-electron chi connectivity index (χ4n) is 3.13. The lowest BCUT2D eigenvalue weighted by Crippen LogP contribution is -2.59. The molecule has 0 radical (unpaired) electrons. The molecule has 1 saturated heterocycles. The molecule has 0 aromatic carbocycles. The van der Waals surface area contributed by atoms with Crippen LogP contribution in [-0.4, -0.2) is 36.1 Å². The van der Waals surface area contributed by atoms with Crippen LogP contribution in [-0.2, 0) is 0 Å². The molecule has 18 heavy (non-hydrogen) atoms. The molecule has 0 amide bonds. The molecule has 1 aliphatic heterocycles. The second-order valence-corrected chi connectivity index (χ2v) is 6.56. The Kier molecular flexibility index (Phi) is 6.65. The molecule has 1 heterocycles. The van der Waals surface area contributed by atoms with Crippen molar-refractivity contribution in [2.45, 2.75) is 78.3 Å². The first-order valence-electron chi connectivity index (χ1n) is 8.00. The summed E-state index contributed by atoms with van der Waals surface area (Å²) in [6.07, 6.45) is 6.77. The van der Waals surface area contributed by atoms with Gasteiger partial charge in [0.05, 0.1) is 0 Å². The van der Waals surface area contributed by atoms with Crippen molar-refractivity contribution in [3.8, 4) is 0 Å². The maximum Gasteiger partial charge on any atom is 0.0306 e. The van der Waals surface area contributed by atoms with Gasteiger partial charge in [0.2, 0.25) is 0 Å². The predicted octanol–water partition coefficient (Wildman–Crippen LogP) is 3.67. The Hall–Kier alpha value is -0.0800. The first-order valence-corrected chi connectivity index (χ1v) is 8.00. The van der Waals surface area contributed by atoms with Gasteiger partial charge >= 0.3 is 0 Å². The smallest absolute Gasteiger partial charge is 0.0306 e. The lowest BCUT2D eigenvalue weighted by atomic mass is 9.84. The van der Waals surface area contributed by atoms with Crippen LogP contribution in [0.2, 0.25) is 0 Å². The van der Waals surface area contributed by atoms with Gasteiger partial charge in [-0.2, -0.15) is 0 Å². The van der Waals surface area contributed by atoms with Crippen LogP contribution in [0.1, 0.15) is 66.7 Å².